The van der Waals surface area contributed by atoms with Gasteiger partial charge >= 0.3 is 0 Å². The number of ether oxygens (including phenoxy) is 1. The number of thioether (sulfide) groups is 1. The lowest BCUT2D eigenvalue weighted by atomic mass is 9.95. The number of aromatic nitrogens is 3. The molecule has 0 radical (unpaired) electrons. The van der Waals surface area contributed by atoms with E-state index >= 15 is 0 Å². The number of nitrogens with zero attached hydrogens (tertiary/aromatic N) is 3. The predicted octanol–water partition coefficient (Wildman–Crippen LogP) is 4.86. The van der Waals surface area contributed by atoms with Crippen LogP contribution in [0.5, 0.6) is 5.75 Å². The van der Waals surface area contributed by atoms with Gasteiger partial charge < -0.3 is 10.1 Å². The monoisotopic (exact) mass is 416 g/mol. The van der Waals surface area contributed by atoms with Gasteiger partial charge in [0.05, 0.1) is 12.9 Å². The maximum absolute atomic E-state index is 12.4. The van der Waals surface area contributed by atoms with Crippen molar-refractivity contribution in [2.24, 2.45) is 0 Å². The van der Waals surface area contributed by atoms with Gasteiger partial charge in [-0.25, -0.2) is 0 Å². The van der Waals surface area contributed by atoms with Crippen LogP contribution in [0, 0.1) is 0 Å². The summed E-state index contributed by atoms with van der Waals surface area (Å²) in [4.78, 5) is 12.4. The second-order valence-electron chi connectivity index (χ2n) is 7.57. The van der Waals surface area contributed by atoms with Gasteiger partial charge in [0.2, 0.25) is 5.91 Å². The van der Waals surface area contributed by atoms with Gasteiger partial charge in [-0.3, -0.25) is 9.36 Å². The van der Waals surface area contributed by atoms with Crippen molar-refractivity contribution in [3.05, 3.63) is 24.3 Å². The molecule has 1 saturated carbocycles. The Hall–Kier alpha value is -2.02. The van der Waals surface area contributed by atoms with Gasteiger partial charge in [-0.2, -0.15) is 0 Å². The van der Waals surface area contributed by atoms with Crippen LogP contribution < -0.4 is 10.1 Å². The molecule has 1 aromatic carbocycles. The van der Waals surface area contributed by atoms with Crippen LogP contribution in [0.1, 0.15) is 64.8 Å². The summed E-state index contributed by atoms with van der Waals surface area (Å²) in [7, 11) is 1.67. The van der Waals surface area contributed by atoms with Crippen molar-refractivity contribution in [2.45, 2.75) is 76.0 Å². The summed E-state index contributed by atoms with van der Waals surface area (Å²) in [6.07, 6.45) is 7.91. The molecule has 1 aliphatic rings. The molecule has 6 nitrogen and oxygen atoms in total. The minimum absolute atomic E-state index is 0.0629. The first-order valence-electron chi connectivity index (χ1n) is 10.7. The Kier molecular flexibility index (Phi) is 7.98. The van der Waals surface area contributed by atoms with E-state index in [9.17, 15) is 4.79 Å². The molecule has 7 heteroatoms. The number of methoxy groups -OCH3 is 1. The van der Waals surface area contributed by atoms with E-state index in [2.05, 4.69) is 33.9 Å². The average Bonchev–Trinajstić information content (AvgIpc) is 3.20. The molecule has 0 atom stereocenters. The number of rotatable bonds is 9. The quantitative estimate of drug-likeness (QED) is 0.592. The summed E-state index contributed by atoms with van der Waals surface area (Å²) in [6, 6.07) is 8.58. The fourth-order valence-electron chi connectivity index (χ4n) is 3.87. The molecule has 1 aromatic heterocycles. The van der Waals surface area contributed by atoms with Crippen molar-refractivity contribution in [1.82, 2.24) is 20.1 Å². The molecule has 0 spiro atoms. The molecule has 2 aromatic rings. The smallest absolute Gasteiger partial charge is 0.230 e. The lowest BCUT2D eigenvalue weighted by molar-refractivity contribution is -0.119. The standard InChI is InChI=1S/C22H32N4O2S/c1-4-17(5-2)23-20(27)15-29-22-25-24-21(16-11-13-19(28-3)14-12-16)26(22)18-9-7-6-8-10-18/h11-14,17-18H,4-10,15H2,1-3H3,(H,23,27). The average molecular weight is 417 g/mol. The third-order valence-corrected chi connectivity index (χ3v) is 6.58. The van der Waals surface area contributed by atoms with Gasteiger partial charge in [0.1, 0.15) is 5.75 Å². The van der Waals surface area contributed by atoms with E-state index in [0.717, 1.165) is 48.0 Å². The van der Waals surface area contributed by atoms with Crippen LogP contribution in [0.4, 0.5) is 0 Å². The Labute approximate surface area is 177 Å². The van der Waals surface area contributed by atoms with Crippen molar-refractivity contribution in [3.8, 4) is 17.1 Å². The number of hydrogen-bond donors (Lipinski definition) is 1. The van der Waals surface area contributed by atoms with Crippen molar-refractivity contribution < 1.29 is 9.53 Å². The normalized spacial score (nSPS) is 14.9. The summed E-state index contributed by atoms with van der Waals surface area (Å²) in [5.74, 6) is 2.13. The van der Waals surface area contributed by atoms with Crippen LogP contribution in [0.3, 0.4) is 0 Å². The molecule has 1 fully saturated rings. The Bertz CT molecular complexity index is 781. The zero-order chi connectivity index (χ0) is 20.6. The van der Waals surface area contributed by atoms with Crippen LogP contribution in [-0.2, 0) is 4.79 Å². The zero-order valence-corrected chi connectivity index (χ0v) is 18.5. The molecule has 0 bridgehead atoms. The van der Waals surface area contributed by atoms with Crippen LogP contribution in [0.2, 0.25) is 0 Å². The Morgan fingerprint density at radius 2 is 1.86 bits per heavy atom. The fraction of sp³-hybridized carbons (Fsp3) is 0.591. The molecular formula is C22H32N4O2S. The first kappa shape index (κ1) is 21.7. The summed E-state index contributed by atoms with van der Waals surface area (Å²) in [5, 5.41) is 12.9. The Morgan fingerprint density at radius 3 is 2.48 bits per heavy atom. The van der Waals surface area contributed by atoms with Crippen LogP contribution >= 0.6 is 11.8 Å². The number of carbonyl (C=O) groups is 1. The van der Waals surface area contributed by atoms with E-state index in [4.69, 9.17) is 4.74 Å². The van der Waals surface area contributed by atoms with E-state index in [1.54, 1.807) is 7.11 Å². The highest BCUT2D eigenvalue weighted by Crippen LogP contribution is 2.35. The molecule has 1 N–H and O–H groups in total. The third-order valence-electron chi connectivity index (χ3n) is 5.64. The number of amides is 1. The number of carbonyl (C=O) groups excluding carboxylic acids is 1. The van der Waals surface area contributed by atoms with Gasteiger partial charge in [0.15, 0.2) is 11.0 Å². The molecule has 0 unspecified atom stereocenters. The lowest BCUT2D eigenvalue weighted by Gasteiger charge is -2.25. The Balaban J connectivity index is 1.80. The molecule has 1 heterocycles. The molecule has 1 amide bonds. The maximum atomic E-state index is 12.4. The summed E-state index contributed by atoms with van der Waals surface area (Å²) >= 11 is 1.49. The number of benzene rings is 1. The van der Waals surface area contributed by atoms with Crippen molar-refractivity contribution in [3.63, 3.8) is 0 Å². The highest BCUT2D eigenvalue weighted by atomic mass is 32.2. The summed E-state index contributed by atoms with van der Waals surface area (Å²) in [5.41, 5.74) is 1.03. The molecule has 158 valence electrons. The highest BCUT2D eigenvalue weighted by molar-refractivity contribution is 7.99. The minimum atomic E-state index is 0.0629. The van der Waals surface area contributed by atoms with Crippen LogP contribution in [0.25, 0.3) is 11.4 Å². The topological polar surface area (TPSA) is 69.0 Å². The summed E-state index contributed by atoms with van der Waals surface area (Å²) < 4.78 is 7.54. The SMILES string of the molecule is CCC(CC)NC(=O)CSc1nnc(-c2ccc(OC)cc2)n1C1CCCCC1. The molecule has 29 heavy (non-hydrogen) atoms. The largest absolute Gasteiger partial charge is 0.497 e. The van der Waals surface area contributed by atoms with Gasteiger partial charge in [-0.1, -0.05) is 44.9 Å². The second kappa shape index (κ2) is 10.7. The minimum Gasteiger partial charge on any atom is -0.497 e. The maximum Gasteiger partial charge on any atom is 0.230 e. The molecule has 1 aliphatic carbocycles. The van der Waals surface area contributed by atoms with Crippen molar-refractivity contribution >= 4 is 17.7 Å². The zero-order valence-electron chi connectivity index (χ0n) is 17.7. The van der Waals surface area contributed by atoms with Gasteiger partial charge in [-0.15, -0.1) is 10.2 Å². The summed E-state index contributed by atoms with van der Waals surface area (Å²) in [6.45, 7) is 4.20. The van der Waals surface area contributed by atoms with Gasteiger partial charge in [0, 0.05) is 17.6 Å². The van der Waals surface area contributed by atoms with Crippen LogP contribution in [0.15, 0.2) is 29.4 Å². The molecular weight excluding hydrogens is 384 g/mol. The third kappa shape index (κ3) is 5.53. The van der Waals surface area contributed by atoms with E-state index < -0.39 is 0 Å². The predicted molar refractivity (Wildman–Crippen MR) is 117 cm³/mol. The second-order valence-corrected chi connectivity index (χ2v) is 8.51. The van der Waals surface area contributed by atoms with Gasteiger partial charge in [-0.05, 0) is 49.9 Å². The van der Waals surface area contributed by atoms with Crippen LogP contribution in [-0.4, -0.2) is 39.6 Å². The fourth-order valence-corrected chi connectivity index (χ4v) is 4.69. The van der Waals surface area contributed by atoms with Gasteiger partial charge in [0.25, 0.3) is 0 Å². The first-order chi connectivity index (χ1) is 14.2. The van der Waals surface area contributed by atoms with Crippen molar-refractivity contribution in [1.29, 1.82) is 0 Å². The van der Waals surface area contributed by atoms with E-state index in [1.165, 1.54) is 31.0 Å². The number of hydrogen-bond acceptors (Lipinski definition) is 5. The van der Waals surface area contributed by atoms with E-state index in [0.29, 0.717) is 11.8 Å². The van der Waals surface area contributed by atoms with E-state index in [1.807, 2.05) is 24.3 Å². The van der Waals surface area contributed by atoms with E-state index in [-0.39, 0.29) is 11.9 Å². The highest BCUT2D eigenvalue weighted by Gasteiger charge is 2.24. The molecule has 0 saturated heterocycles. The Morgan fingerprint density at radius 1 is 1.17 bits per heavy atom. The van der Waals surface area contributed by atoms with Crippen molar-refractivity contribution in [2.75, 3.05) is 12.9 Å². The lowest BCUT2D eigenvalue weighted by Crippen LogP contribution is -2.35. The first-order valence-corrected chi connectivity index (χ1v) is 11.7. The molecule has 3 rings (SSSR count). The number of nitrogens with one attached hydrogen (secondary N) is 1. The molecule has 0 aliphatic heterocycles.